The molecule has 8 heteroatoms. The lowest BCUT2D eigenvalue weighted by molar-refractivity contribution is -0.138. The van der Waals surface area contributed by atoms with Gasteiger partial charge in [-0.1, -0.05) is 84.9 Å². The third-order valence-electron chi connectivity index (χ3n) is 7.64. The van der Waals surface area contributed by atoms with Gasteiger partial charge in [0.05, 0.1) is 30.2 Å². The number of Topliss-reactive ketones (excluding diaryl/α,β-unsaturated/α-hetero) is 1. The summed E-state index contributed by atoms with van der Waals surface area (Å²) in [6.07, 6.45) is 6.33. The molecule has 0 unspecified atom stereocenters. The highest BCUT2D eigenvalue weighted by atomic mass is 16.5. The van der Waals surface area contributed by atoms with E-state index in [2.05, 4.69) is 10.3 Å². The molecule has 0 aliphatic carbocycles. The maximum Gasteiger partial charge on any atom is 0.330 e. The molecular formula is C40H36N2O6. The van der Waals surface area contributed by atoms with Crippen molar-refractivity contribution in [3.63, 3.8) is 0 Å². The van der Waals surface area contributed by atoms with E-state index in [-0.39, 0.29) is 17.3 Å². The molecule has 1 aliphatic heterocycles. The van der Waals surface area contributed by atoms with Gasteiger partial charge in [0.25, 0.3) is 0 Å². The number of ether oxygens (including phenoxy) is 2. The number of anilines is 1. The number of nitrogens with one attached hydrogen (secondary N) is 2. The second-order valence-corrected chi connectivity index (χ2v) is 10.9. The molecule has 0 saturated carbocycles. The first-order valence-electron chi connectivity index (χ1n) is 15.8. The first-order chi connectivity index (χ1) is 23.4. The van der Waals surface area contributed by atoms with E-state index in [4.69, 9.17) is 9.47 Å². The van der Waals surface area contributed by atoms with Crippen LogP contribution in [0.5, 0.6) is 0 Å². The quantitative estimate of drug-likeness (QED) is 0.132. The van der Waals surface area contributed by atoms with E-state index in [0.717, 1.165) is 33.6 Å². The van der Waals surface area contributed by atoms with Crippen LogP contribution < -0.4 is 10.7 Å². The Bertz CT molecular complexity index is 2030. The third kappa shape index (κ3) is 8.22. The van der Waals surface area contributed by atoms with E-state index in [9.17, 15) is 19.2 Å². The van der Waals surface area contributed by atoms with Crippen LogP contribution in [0.3, 0.4) is 0 Å². The van der Waals surface area contributed by atoms with Gasteiger partial charge in [-0.25, -0.2) is 9.59 Å². The Hall–Kier alpha value is -6.02. The van der Waals surface area contributed by atoms with Crippen LogP contribution in [0.2, 0.25) is 0 Å². The highest BCUT2D eigenvalue weighted by Crippen LogP contribution is 2.34. The number of pyridine rings is 1. The second kappa shape index (κ2) is 16.0. The summed E-state index contributed by atoms with van der Waals surface area (Å²) < 4.78 is 9.75. The number of carbonyl (C=O) groups excluding carboxylic acids is 3. The van der Waals surface area contributed by atoms with Gasteiger partial charge in [-0.15, -0.1) is 0 Å². The number of aromatic nitrogens is 1. The van der Waals surface area contributed by atoms with Crippen LogP contribution in [0.25, 0.3) is 34.3 Å². The maximum atomic E-state index is 12.7. The number of fused-ring (bicyclic) bond motifs is 2. The summed E-state index contributed by atoms with van der Waals surface area (Å²) in [6, 6.07) is 32.2. The molecular weight excluding hydrogens is 604 g/mol. The highest BCUT2D eigenvalue weighted by Gasteiger charge is 2.27. The Kier molecular flexibility index (Phi) is 11.1. The summed E-state index contributed by atoms with van der Waals surface area (Å²) in [7, 11) is 0. The van der Waals surface area contributed by atoms with E-state index >= 15 is 0 Å². The van der Waals surface area contributed by atoms with Crippen molar-refractivity contribution in [3.05, 3.63) is 148 Å². The second-order valence-electron chi connectivity index (χ2n) is 10.9. The van der Waals surface area contributed by atoms with E-state index in [1.165, 1.54) is 12.2 Å². The fraction of sp³-hybridized carbons (Fsp3) is 0.150. The maximum absolute atomic E-state index is 12.7. The molecule has 2 N–H and O–H groups in total. The third-order valence-corrected chi connectivity index (χ3v) is 7.64. The van der Waals surface area contributed by atoms with Crippen LogP contribution >= 0.6 is 0 Å². The van der Waals surface area contributed by atoms with Gasteiger partial charge in [0, 0.05) is 41.6 Å². The first-order valence-corrected chi connectivity index (χ1v) is 15.8. The van der Waals surface area contributed by atoms with Gasteiger partial charge >= 0.3 is 11.9 Å². The van der Waals surface area contributed by atoms with Gasteiger partial charge in [-0.3, -0.25) is 9.59 Å². The number of ketones is 1. The average Bonchev–Trinajstić information content (AvgIpc) is 3.11. The van der Waals surface area contributed by atoms with Crippen molar-refractivity contribution in [2.45, 2.75) is 26.3 Å². The van der Waals surface area contributed by atoms with Crippen molar-refractivity contribution in [2.24, 2.45) is 0 Å². The van der Waals surface area contributed by atoms with E-state index < -0.39 is 11.9 Å². The van der Waals surface area contributed by atoms with Crippen molar-refractivity contribution in [1.29, 1.82) is 0 Å². The lowest BCUT2D eigenvalue weighted by Gasteiger charge is -2.27. The van der Waals surface area contributed by atoms with Gasteiger partial charge in [0.2, 0.25) is 0 Å². The molecule has 0 bridgehead atoms. The molecule has 0 amide bonds. The van der Waals surface area contributed by atoms with Gasteiger partial charge < -0.3 is 19.8 Å². The summed E-state index contributed by atoms with van der Waals surface area (Å²) in [5.74, 6) is -0.762. The summed E-state index contributed by atoms with van der Waals surface area (Å²) in [6.45, 7) is 4.15. The summed E-state index contributed by atoms with van der Waals surface area (Å²) >= 11 is 0. The molecule has 0 saturated heterocycles. The number of H-pyrrole nitrogens is 1. The highest BCUT2D eigenvalue weighted by molar-refractivity contribution is 6.07. The normalized spacial score (nSPS) is 13.8. The zero-order chi connectivity index (χ0) is 33.9. The Labute approximate surface area is 278 Å². The minimum atomic E-state index is -0.424. The fourth-order valence-corrected chi connectivity index (χ4v) is 5.50. The lowest BCUT2D eigenvalue weighted by atomic mass is 9.89. The Balaban J connectivity index is 0.000000188. The molecule has 2 heterocycles. The fourth-order valence-electron chi connectivity index (χ4n) is 5.50. The molecule has 0 spiro atoms. The summed E-state index contributed by atoms with van der Waals surface area (Å²) in [5.41, 5.74) is 6.27. The zero-order valence-corrected chi connectivity index (χ0v) is 26.8. The molecule has 1 atom stereocenters. The summed E-state index contributed by atoms with van der Waals surface area (Å²) in [5, 5.41) is 3.98. The average molecular weight is 641 g/mol. The van der Waals surface area contributed by atoms with Gasteiger partial charge in [-0.05, 0) is 60.4 Å². The van der Waals surface area contributed by atoms with Crippen LogP contribution in [0.4, 0.5) is 5.69 Å². The van der Waals surface area contributed by atoms with Gasteiger partial charge in [-0.2, -0.15) is 0 Å². The van der Waals surface area contributed by atoms with Crippen LogP contribution in [-0.2, 0) is 19.1 Å². The van der Waals surface area contributed by atoms with Crippen molar-refractivity contribution in [1.82, 2.24) is 4.98 Å². The van der Waals surface area contributed by atoms with Crippen LogP contribution in [-0.4, -0.2) is 35.9 Å². The van der Waals surface area contributed by atoms with Gasteiger partial charge in [0.1, 0.15) is 0 Å². The molecule has 5 aromatic rings. The molecule has 1 aliphatic rings. The summed E-state index contributed by atoms with van der Waals surface area (Å²) in [4.78, 5) is 51.5. The number of hydrogen-bond acceptors (Lipinski definition) is 7. The predicted molar refractivity (Wildman–Crippen MR) is 190 cm³/mol. The van der Waals surface area contributed by atoms with Crippen LogP contribution in [0, 0.1) is 0 Å². The van der Waals surface area contributed by atoms with Crippen LogP contribution in [0.1, 0.15) is 53.4 Å². The van der Waals surface area contributed by atoms with Crippen molar-refractivity contribution >= 4 is 46.5 Å². The topological polar surface area (TPSA) is 115 Å². The van der Waals surface area contributed by atoms with Gasteiger partial charge in [0.15, 0.2) is 11.2 Å². The van der Waals surface area contributed by atoms with E-state index in [0.29, 0.717) is 36.1 Å². The van der Waals surface area contributed by atoms with E-state index in [1.807, 2.05) is 91.0 Å². The van der Waals surface area contributed by atoms with Crippen molar-refractivity contribution in [3.8, 4) is 11.3 Å². The number of esters is 2. The largest absolute Gasteiger partial charge is 0.463 e. The van der Waals surface area contributed by atoms with Crippen molar-refractivity contribution < 1.29 is 23.9 Å². The SMILES string of the molecule is CCOC(=O)/C=C/c1cccc2[nH]c(-c3ccccc3)cc(=O)c12.CCOC(=O)/C=C/c1cccc2c1C(=O)C[C@H](c1ccccc1)N2. The Morgan fingerprint density at radius 1 is 0.750 bits per heavy atom. The molecule has 48 heavy (non-hydrogen) atoms. The Morgan fingerprint density at radius 2 is 1.35 bits per heavy atom. The van der Waals surface area contributed by atoms with Crippen molar-refractivity contribution in [2.75, 3.05) is 18.5 Å². The molecule has 6 rings (SSSR count). The predicted octanol–water partition coefficient (Wildman–Crippen LogP) is 7.77. The monoisotopic (exact) mass is 640 g/mol. The molecule has 0 radical (unpaired) electrons. The number of carbonyl (C=O) groups is 3. The first kappa shape index (κ1) is 33.3. The molecule has 0 fully saturated rings. The number of rotatable bonds is 8. The molecule has 1 aromatic heterocycles. The zero-order valence-electron chi connectivity index (χ0n) is 26.8. The molecule has 242 valence electrons. The minimum Gasteiger partial charge on any atom is -0.463 e. The number of hydrogen-bond donors (Lipinski definition) is 2. The number of benzene rings is 4. The van der Waals surface area contributed by atoms with Crippen LogP contribution in [0.15, 0.2) is 120 Å². The lowest BCUT2D eigenvalue weighted by Crippen LogP contribution is -2.23. The Morgan fingerprint density at radius 3 is 2.02 bits per heavy atom. The molecule has 8 nitrogen and oxygen atoms in total. The standard InChI is InChI=1S/C20H19NO3.C20H17NO3/c2*1-2-24-19(23)12-11-15-9-6-10-16-20(15)18(22)13-17(21-16)14-7-4-3-5-8-14/h3-12,17,21H,2,13H2,1H3;3-13H,2H2,1H3,(H,21,22)/b2*12-11+/t17-;/m1./s1. The number of aromatic amines is 1. The smallest absolute Gasteiger partial charge is 0.330 e. The van der Waals surface area contributed by atoms with E-state index in [1.54, 1.807) is 38.1 Å². The molecule has 4 aromatic carbocycles. The minimum absolute atomic E-state index is 0.0320.